The van der Waals surface area contributed by atoms with E-state index >= 15 is 0 Å². The van der Waals surface area contributed by atoms with Crippen LogP contribution in [-0.2, 0) is 28.5 Å². The van der Waals surface area contributed by atoms with Gasteiger partial charge in [0, 0.05) is 66.6 Å². The molecule has 9 rings (SSSR count). The third-order valence-electron chi connectivity index (χ3n) is 18.6. The molecule has 3 fully saturated rings. The number of likely N-dealkylation sites (N-methyl/N-ethyl adjacent to an activating group) is 1. The van der Waals surface area contributed by atoms with Crippen molar-refractivity contribution in [2.75, 3.05) is 27.3 Å². The van der Waals surface area contributed by atoms with Gasteiger partial charge in [-0.15, -0.1) is 0 Å². The van der Waals surface area contributed by atoms with E-state index in [-0.39, 0.29) is 29.4 Å². The lowest BCUT2D eigenvalue weighted by molar-refractivity contribution is -0.131. The van der Waals surface area contributed by atoms with E-state index in [0.717, 1.165) is 42.1 Å². The van der Waals surface area contributed by atoms with Crippen LogP contribution in [0.15, 0.2) is 70.1 Å². The van der Waals surface area contributed by atoms with Crippen molar-refractivity contribution >= 4 is 32.8 Å². The highest BCUT2D eigenvalue weighted by Crippen LogP contribution is 2.72. The topological polar surface area (TPSA) is 76.8 Å². The van der Waals surface area contributed by atoms with Crippen molar-refractivity contribution in [2.45, 2.75) is 150 Å². The zero-order chi connectivity index (χ0) is 44.6. The Kier molecular flexibility index (Phi) is 12.5. The van der Waals surface area contributed by atoms with Gasteiger partial charge in [-0.3, -0.25) is 9.88 Å². The maximum absolute atomic E-state index is 12.5. The smallest absolute Gasteiger partial charge is 0.339 e. The van der Waals surface area contributed by atoms with Crippen LogP contribution in [0.4, 0.5) is 0 Å². The molecule has 5 aliphatic carbocycles. The number of piperidine rings is 1. The first-order chi connectivity index (χ1) is 29.3. The number of aliphatic hydroxyl groups is 1. The first-order valence-corrected chi connectivity index (χ1v) is 24.7. The second kappa shape index (κ2) is 16.9. The van der Waals surface area contributed by atoms with Crippen LogP contribution in [0, 0.1) is 45.3 Å². The van der Waals surface area contributed by atoms with Crippen molar-refractivity contribution in [1.82, 2.24) is 14.5 Å². The maximum Gasteiger partial charge on any atom is 0.339 e. The average Bonchev–Trinajstić information content (AvgIpc) is 3.71. The molecule has 7 nitrogen and oxygen atoms in total. The van der Waals surface area contributed by atoms with Crippen molar-refractivity contribution in [3.8, 4) is 0 Å². The van der Waals surface area contributed by atoms with Gasteiger partial charge in [0.1, 0.15) is 5.60 Å². The minimum absolute atomic E-state index is 0.0465. The quantitative estimate of drug-likeness (QED) is 0.179. The molecule has 8 heteroatoms. The Morgan fingerprint density at radius 3 is 2.53 bits per heavy atom. The Morgan fingerprint density at radius 2 is 1.81 bits per heavy atom. The summed E-state index contributed by atoms with van der Waals surface area (Å²) in [5.41, 5.74) is 10.3. The maximum atomic E-state index is 12.5. The Hall–Kier alpha value is -2.78. The molecular weight excluding hydrogens is 835 g/mol. The van der Waals surface area contributed by atoms with E-state index in [1.54, 1.807) is 12.3 Å². The van der Waals surface area contributed by atoms with Crippen molar-refractivity contribution in [3.05, 3.63) is 86.8 Å². The molecule has 1 saturated heterocycles. The first-order valence-electron chi connectivity index (χ1n) is 24.0. The summed E-state index contributed by atoms with van der Waals surface area (Å²) in [6, 6.07) is 8.47. The van der Waals surface area contributed by atoms with Gasteiger partial charge in [-0.1, -0.05) is 76.5 Å². The summed E-state index contributed by atoms with van der Waals surface area (Å²) in [7, 11) is 6.07. The van der Waals surface area contributed by atoms with Gasteiger partial charge in [-0.2, -0.15) is 0 Å². The molecule has 3 aromatic rings. The summed E-state index contributed by atoms with van der Waals surface area (Å²) >= 11 is 3.35. The van der Waals surface area contributed by atoms with Crippen molar-refractivity contribution in [1.29, 1.82) is 0 Å². The van der Waals surface area contributed by atoms with Crippen LogP contribution in [0.2, 0.25) is 0 Å². The number of allylic oxidation sites excluding steroid dienone is 4. The fourth-order valence-electron chi connectivity index (χ4n) is 15.1. The highest BCUT2D eigenvalue weighted by molar-refractivity contribution is 9.10. The van der Waals surface area contributed by atoms with Crippen molar-refractivity contribution in [2.24, 2.45) is 52.4 Å². The third-order valence-corrected chi connectivity index (χ3v) is 19.0. The first kappa shape index (κ1) is 45.8. The van der Waals surface area contributed by atoms with E-state index in [1.807, 2.05) is 18.3 Å². The number of carbonyl (C=O) groups is 1. The summed E-state index contributed by atoms with van der Waals surface area (Å²) in [4.78, 5) is 19.0. The molecule has 10 atom stereocenters. The molecule has 0 amide bonds. The highest BCUT2D eigenvalue weighted by Gasteiger charge is 2.63. The molecule has 1 aliphatic heterocycles. The van der Waals surface area contributed by atoms with E-state index in [0.29, 0.717) is 34.3 Å². The Bertz CT molecular complexity index is 2240. The van der Waals surface area contributed by atoms with Crippen LogP contribution < -0.4 is 0 Å². The van der Waals surface area contributed by atoms with Crippen LogP contribution in [0.25, 0.3) is 10.9 Å². The van der Waals surface area contributed by atoms with Gasteiger partial charge in [0.2, 0.25) is 0 Å². The molecule has 3 heterocycles. The molecule has 6 aliphatic rings. The molecule has 1 N–H and O–H groups in total. The van der Waals surface area contributed by atoms with Gasteiger partial charge in [0.15, 0.2) is 0 Å². The zero-order valence-corrected chi connectivity index (χ0v) is 41.5. The van der Waals surface area contributed by atoms with E-state index in [1.165, 1.54) is 91.6 Å². The molecular formula is C54H76BrN3O4. The average molecular weight is 911 g/mol. The number of fused-ring (bicyclic) bond motifs is 6. The third kappa shape index (κ3) is 7.41. The van der Waals surface area contributed by atoms with Crippen LogP contribution >= 0.6 is 15.9 Å². The fourth-order valence-corrected chi connectivity index (χ4v) is 15.5. The fraction of sp³-hybridized carbons (Fsp3) is 0.667. The minimum atomic E-state index is -0.421. The van der Waals surface area contributed by atoms with Gasteiger partial charge >= 0.3 is 5.97 Å². The highest BCUT2D eigenvalue weighted by atomic mass is 79.9. The van der Waals surface area contributed by atoms with Gasteiger partial charge in [0.05, 0.1) is 18.3 Å². The zero-order valence-electron chi connectivity index (χ0n) is 39.9. The number of aromatic nitrogens is 2. The number of hydrogen-bond acceptors (Lipinski definition) is 6. The standard InChI is InChI=1S/C30H50O.C24H26BrN3O3/c1-20(2)10-9-11-21(3)22-14-18-30(8)24-12-13-25-27(4,5)26(31)16-17-28(25,6)23(24)15-19-29(22,30)7;1-27-13-17-8-21-24(30-3,19-5-4-6-20(27)22(17)19)9-15(12-28(21)2)14-31-23(29)16-7-18(25)11-26-10-16/h10,21-22,25-26,31H,9,11-19H2,1-8H3;4-7,10-11,13,15,21H,8-9,12,14H2,1-3H3. The summed E-state index contributed by atoms with van der Waals surface area (Å²) in [5, 5.41) is 12.1. The number of hydrogen-bond donors (Lipinski definition) is 1. The number of pyridine rings is 1. The summed E-state index contributed by atoms with van der Waals surface area (Å²) in [6.45, 7) is 20.8. The molecule has 10 unspecified atom stereocenters. The van der Waals surface area contributed by atoms with Crippen LogP contribution in [0.5, 0.6) is 0 Å². The Balaban J connectivity index is 0.000000171. The normalized spacial score (nSPS) is 35.1. The summed E-state index contributed by atoms with van der Waals surface area (Å²) < 4.78 is 15.0. The molecule has 2 saturated carbocycles. The summed E-state index contributed by atoms with van der Waals surface area (Å²) in [6.07, 6.45) is 22.4. The number of nitrogens with zero attached hydrogens (tertiary/aromatic N) is 3. The largest absolute Gasteiger partial charge is 0.462 e. The minimum Gasteiger partial charge on any atom is -0.462 e. The number of aryl methyl sites for hydroxylation is 1. The van der Waals surface area contributed by atoms with Crippen LogP contribution in [0.3, 0.4) is 0 Å². The lowest BCUT2D eigenvalue weighted by atomic mass is 9.43. The lowest BCUT2D eigenvalue weighted by Crippen LogP contribution is -2.59. The molecule has 2 aromatic heterocycles. The van der Waals surface area contributed by atoms with Gasteiger partial charge in [-0.25, -0.2) is 4.79 Å². The number of carbonyl (C=O) groups excluding carboxylic acids is 1. The second-order valence-electron chi connectivity index (χ2n) is 22.4. The number of ether oxygens (including phenoxy) is 2. The molecule has 0 bridgehead atoms. The summed E-state index contributed by atoms with van der Waals surface area (Å²) in [5.74, 6) is 2.15. The van der Waals surface area contributed by atoms with Gasteiger partial charge in [0.25, 0.3) is 0 Å². The second-order valence-corrected chi connectivity index (χ2v) is 23.3. The van der Waals surface area contributed by atoms with Crippen LogP contribution in [-0.4, -0.2) is 65.0 Å². The lowest BCUT2D eigenvalue weighted by Gasteiger charge is -2.62. The molecule has 0 radical (unpaired) electrons. The number of methoxy groups -OCH3 is 1. The van der Waals surface area contributed by atoms with Gasteiger partial charge in [-0.05, 0) is 177 Å². The Labute approximate surface area is 381 Å². The van der Waals surface area contributed by atoms with Crippen molar-refractivity contribution < 1.29 is 19.4 Å². The van der Waals surface area contributed by atoms with Crippen molar-refractivity contribution in [3.63, 3.8) is 0 Å². The number of rotatable bonds is 8. The number of benzene rings is 1. The number of aliphatic hydroxyl groups excluding tert-OH is 1. The number of likely N-dealkylation sites (tertiary alicyclic amines) is 1. The molecule has 0 spiro atoms. The molecule has 62 heavy (non-hydrogen) atoms. The van der Waals surface area contributed by atoms with E-state index in [4.69, 9.17) is 9.47 Å². The molecule has 338 valence electrons. The SMILES string of the molecule is CC(C)=CCCC(C)C1CCC2(C)C3=C(CCC12C)C1(C)CCC(O)C(C)(C)C1CC3.COC12CC(COC(=O)c3cncc(Br)c3)CN(C)C1Cc1cn(C)c3cccc2c13. The predicted molar refractivity (Wildman–Crippen MR) is 255 cm³/mol. The van der Waals surface area contributed by atoms with Gasteiger partial charge < -0.3 is 19.1 Å². The van der Waals surface area contributed by atoms with E-state index in [2.05, 4.69) is 130 Å². The Morgan fingerprint density at radius 1 is 1.03 bits per heavy atom. The predicted octanol–water partition coefficient (Wildman–Crippen LogP) is 12.4. The molecule has 1 aromatic carbocycles. The monoisotopic (exact) mass is 910 g/mol. The number of esters is 1. The van der Waals surface area contributed by atoms with E-state index in [9.17, 15) is 9.90 Å². The number of halogens is 1. The van der Waals surface area contributed by atoms with Crippen LogP contribution in [0.1, 0.15) is 148 Å². The van der Waals surface area contributed by atoms with E-state index < -0.39 is 5.60 Å².